The molecule has 0 radical (unpaired) electrons. The van der Waals surface area contributed by atoms with Gasteiger partial charge in [-0.15, -0.1) is 0 Å². The quantitative estimate of drug-likeness (QED) is 0.856. The Kier molecular flexibility index (Phi) is 3.01. The fraction of sp³-hybridized carbons (Fsp3) is 0.385. The lowest BCUT2D eigenvalue weighted by Crippen LogP contribution is -2.04. The van der Waals surface area contributed by atoms with Gasteiger partial charge in [-0.3, -0.25) is 0 Å². The molecule has 0 aliphatic heterocycles. The van der Waals surface area contributed by atoms with Crippen molar-refractivity contribution in [1.29, 1.82) is 0 Å². The predicted molar refractivity (Wildman–Crippen MR) is 78.7 cm³/mol. The van der Waals surface area contributed by atoms with Crippen LogP contribution in [0.15, 0.2) is 16.7 Å². The summed E-state index contributed by atoms with van der Waals surface area (Å²) in [6.45, 7) is 1.94. The first-order valence-electron chi connectivity index (χ1n) is 6.00. The Hall–Kier alpha value is -1.11. The van der Waals surface area contributed by atoms with Gasteiger partial charge in [-0.25, -0.2) is 9.97 Å². The molecular formula is C13H14IN3O. The van der Waals surface area contributed by atoms with E-state index in [0.717, 1.165) is 26.5 Å². The van der Waals surface area contributed by atoms with Crippen LogP contribution in [0.25, 0.3) is 11.4 Å². The van der Waals surface area contributed by atoms with Crippen LogP contribution >= 0.6 is 22.6 Å². The molecule has 18 heavy (non-hydrogen) atoms. The Balaban J connectivity index is 2.15. The first kappa shape index (κ1) is 12.0. The van der Waals surface area contributed by atoms with Crippen molar-refractivity contribution < 1.29 is 4.42 Å². The van der Waals surface area contributed by atoms with Crippen LogP contribution in [-0.2, 0) is 0 Å². The number of aryl methyl sites for hydroxylation is 1. The molecule has 94 valence electrons. The van der Waals surface area contributed by atoms with Crippen molar-refractivity contribution in [2.45, 2.75) is 25.7 Å². The van der Waals surface area contributed by atoms with Gasteiger partial charge in [0.2, 0.25) is 0 Å². The lowest BCUT2D eigenvalue weighted by molar-refractivity contribution is 0.535. The van der Waals surface area contributed by atoms with Gasteiger partial charge in [-0.1, -0.05) is 0 Å². The van der Waals surface area contributed by atoms with E-state index in [-0.39, 0.29) is 0 Å². The van der Waals surface area contributed by atoms with Crippen LogP contribution in [0.3, 0.4) is 0 Å². The normalized spacial score (nSPS) is 14.8. The van der Waals surface area contributed by atoms with Crippen LogP contribution in [-0.4, -0.2) is 17.0 Å². The molecule has 0 unspecified atom stereocenters. The molecule has 3 rings (SSSR count). The third-order valence-corrected chi connectivity index (χ3v) is 4.24. The summed E-state index contributed by atoms with van der Waals surface area (Å²) >= 11 is 2.33. The largest absolute Gasteiger partial charge is 0.469 e. The summed E-state index contributed by atoms with van der Waals surface area (Å²) in [6, 6.07) is 1.92. The fourth-order valence-electron chi connectivity index (χ4n) is 1.99. The summed E-state index contributed by atoms with van der Waals surface area (Å²) in [5.74, 6) is 3.13. The molecule has 0 atom stereocenters. The molecule has 0 saturated heterocycles. The minimum Gasteiger partial charge on any atom is -0.469 e. The van der Waals surface area contributed by atoms with Gasteiger partial charge in [-0.05, 0) is 48.4 Å². The fourth-order valence-corrected chi connectivity index (χ4v) is 2.95. The Labute approximate surface area is 119 Å². The van der Waals surface area contributed by atoms with Crippen molar-refractivity contribution in [3.63, 3.8) is 0 Å². The lowest BCUT2D eigenvalue weighted by atomic mass is 10.2. The number of furan rings is 1. The molecular weight excluding hydrogens is 341 g/mol. The van der Waals surface area contributed by atoms with Gasteiger partial charge in [0.15, 0.2) is 5.82 Å². The molecule has 5 heteroatoms. The van der Waals surface area contributed by atoms with Gasteiger partial charge in [0.1, 0.15) is 11.6 Å². The first-order chi connectivity index (χ1) is 8.70. The van der Waals surface area contributed by atoms with Crippen molar-refractivity contribution in [1.82, 2.24) is 9.97 Å². The Morgan fingerprint density at radius 2 is 2.17 bits per heavy atom. The smallest absolute Gasteiger partial charge is 0.165 e. The number of nitrogens with one attached hydrogen (secondary N) is 1. The van der Waals surface area contributed by atoms with Gasteiger partial charge in [0.05, 0.1) is 21.1 Å². The van der Waals surface area contributed by atoms with Gasteiger partial charge in [0.25, 0.3) is 0 Å². The maximum atomic E-state index is 5.34. The van der Waals surface area contributed by atoms with E-state index in [1.807, 2.05) is 20.0 Å². The maximum Gasteiger partial charge on any atom is 0.165 e. The molecule has 1 aliphatic carbocycles. The second kappa shape index (κ2) is 4.53. The average Bonchev–Trinajstić information content (AvgIpc) is 3.12. The molecule has 1 fully saturated rings. The molecule has 2 heterocycles. The molecule has 0 spiro atoms. The van der Waals surface area contributed by atoms with Crippen LogP contribution in [0.1, 0.15) is 30.2 Å². The van der Waals surface area contributed by atoms with Gasteiger partial charge < -0.3 is 9.73 Å². The second-order valence-corrected chi connectivity index (χ2v) is 5.59. The number of hydrogen-bond acceptors (Lipinski definition) is 4. The van der Waals surface area contributed by atoms with E-state index in [4.69, 9.17) is 9.40 Å². The number of anilines is 1. The topological polar surface area (TPSA) is 51.0 Å². The SMILES string of the molecule is CNc1nc(-c2ccoc2C)nc(C2CC2)c1I. The number of aromatic nitrogens is 2. The summed E-state index contributed by atoms with van der Waals surface area (Å²) < 4.78 is 6.48. The molecule has 1 saturated carbocycles. The molecule has 4 nitrogen and oxygen atoms in total. The summed E-state index contributed by atoms with van der Waals surface area (Å²) in [4.78, 5) is 9.30. The van der Waals surface area contributed by atoms with E-state index in [1.54, 1.807) is 6.26 Å². The minimum absolute atomic E-state index is 0.609. The number of hydrogen-bond donors (Lipinski definition) is 1. The number of nitrogens with zero attached hydrogens (tertiary/aromatic N) is 2. The Morgan fingerprint density at radius 3 is 2.72 bits per heavy atom. The predicted octanol–water partition coefficient (Wildman–Crippen LogP) is 3.57. The lowest BCUT2D eigenvalue weighted by Gasteiger charge is -2.10. The summed E-state index contributed by atoms with van der Waals surface area (Å²) in [6.07, 6.45) is 4.15. The molecule has 0 bridgehead atoms. The highest BCUT2D eigenvalue weighted by molar-refractivity contribution is 14.1. The molecule has 2 aromatic heterocycles. The zero-order valence-electron chi connectivity index (χ0n) is 10.3. The van der Waals surface area contributed by atoms with E-state index in [0.29, 0.717) is 5.92 Å². The van der Waals surface area contributed by atoms with E-state index in [1.165, 1.54) is 18.5 Å². The van der Waals surface area contributed by atoms with Crippen LogP contribution in [0.4, 0.5) is 5.82 Å². The average molecular weight is 355 g/mol. The molecule has 1 N–H and O–H groups in total. The van der Waals surface area contributed by atoms with Crippen molar-refractivity contribution in [2.24, 2.45) is 0 Å². The zero-order chi connectivity index (χ0) is 12.7. The van der Waals surface area contributed by atoms with E-state index < -0.39 is 0 Å². The highest BCUT2D eigenvalue weighted by Gasteiger charge is 2.29. The Bertz CT molecular complexity index is 590. The van der Waals surface area contributed by atoms with Crippen molar-refractivity contribution in [2.75, 3.05) is 12.4 Å². The molecule has 0 aromatic carbocycles. The molecule has 2 aromatic rings. The molecule has 1 aliphatic rings. The number of rotatable bonds is 3. The standard InChI is InChI=1S/C13H14IN3O/c1-7-9(5-6-18-7)12-16-11(8-3-4-8)10(14)13(15-2)17-12/h5-6,8H,3-4H2,1-2H3,(H,15,16,17). The van der Waals surface area contributed by atoms with Crippen LogP contribution in [0.2, 0.25) is 0 Å². The second-order valence-electron chi connectivity index (χ2n) is 4.51. The van der Waals surface area contributed by atoms with Crippen molar-refractivity contribution in [3.8, 4) is 11.4 Å². The zero-order valence-corrected chi connectivity index (χ0v) is 12.5. The van der Waals surface area contributed by atoms with Crippen LogP contribution < -0.4 is 5.32 Å². The van der Waals surface area contributed by atoms with E-state index in [2.05, 4.69) is 32.9 Å². The van der Waals surface area contributed by atoms with Crippen LogP contribution in [0, 0.1) is 10.5 Å². The molecule has 0 amide bonds. The summed E-state index contributed by atoms with van der Waals surface area (Å²) in [7, 11) is 1.90. The van der Waals surface area contributed by atoms with E-state index in [9.17, 15) is 0 Å². The summed E-state index contributed by atoms with van der Waals surface area (Å²) in [5.41, 5.74) is 2.15. The highest BCUT2D eigenvalue weighted by atomic mass is 127. The van der Waals surface area contributed by atoms with Gasteiger partial charge in [-0.2, -0.15) is 0 Å². The first-order valence-corrected chi connectivity index (χ1v) is 7.08. The third-order valence-electron chi connectivity index (χ3n) is 3.18. The monoisotopic (exact) mass is 355 g/mol. The highest BCUT2D eigenvalue weighted by Crippen LogP contribution is 2.43. The van der Waals surface area contributed by atoms with Crippen LogP contribution in [0.5, 0.6) is 0 Å². The van der Waals surface area contributed by atoms with Crippen molar-refractivity contribution in [3.05, 3.63) is 27.4 Å². The summed E-state index contributed by atoms with van der Waals surface area (Å²) in [5, 5.41) is 3.15. The van der Waals surface area contributed by atoms with Gasteiger partial charge in [0, 0.05) is 13.0 Å². The van der Waals surface area contributed by atoms with E-state index >= 15 is 0 Å². The minimum atomic E-state index is 0.609. The third kappa shape index (κ3) is 2.00. The van der Waals surface area contributed by atoms with Gasteiger partial charge >= 0.3 is 0 Å². The Morgan fingerprint density at radius 1 is 1.39 bits per heavy atom. The maximum absolute atomic E-state index is 5.34. The van der Waals surface area contributed by atoms with Crippen molar-refractivity contribution >= 4 is 28.4 Å². The number of halogens is 1.